The van der Waals surface area contributed by atoms with Crippen LogP contribution in [0, 0.1) is 19.8 Å². The summed E-state index contributed by atoms with van der Waals surface area (Å²) in [5.41, 5.74) is 3.94. The molecule has 110 valence electrons. The molecule has 0 unspecified atom stereocenters. The molecule has 0 N–H and O–H groups in total. The Morgan fingerprint density at radius 3 is 2.43 bits per heavy atom. The third kappa shape index (κ3) is 2.82. The first-order chi connectivity index (χ1) is 10.1. The summed E-state index contributed by atoms with van der Waals surface area (Å²) < 4.78 is 13.2. The van der Waals surface area contributed by atoms with Gasteiger partial charge in [-0.2, -0.15) is 4.39 Å². The van der Waals surface area contributed by atoms with Gasteiger partial charge in [0.15, 0.2) is 0 Å². The van der Waals surface area contributed by atoms with Crippen LogP contribution in [-0.2, 0) is 0 Å². The molecule has 1 aromatic heterocycles. The molecule has 5 heteroatoms. The zero-order valence-corrected chi connectivity index (χ0v) is 12.4. The largest absolute Gasteiger partial charge is 0.368 e. The van der Waals surface area contributed by atoms with E-state index in [4.69, 9.17) is 0 Å². The molecule has 0 radical (unpaired) electrons. The molecule has 2 aromatic rings. The number of aromatic nitrogens is 2. The van der Waals surface area contributed by atoms with Crippen LogP contribution in [0.1, 0.15) is 11.1 Å². The van der Waals surface area contributed by atoms with Gasteiger partial charge in [0.2, 0.25) is 5.95 Å². The van der Waals surface area contributed by atoms with Gasteiger partial charge >= 0.3 is 0 Å². The Bertz CT molecular complexity index is 636. The highest BCUT2D eigenvalue weighted by atomic mass is 19.1. The van der Waals surface area contributed by atoms with Crippen molar-refractivity contribution < 1.29 is 4.39 Å². The summed E-state index contributed by atoms with van der Waals surface area (Å²) >= 11 is 0. The Morgan fingerprint density at radius 2 is 1.71 bits per heavy atom. The van der Waals surface area contributed by atoms with Gasteiger partial charge in [0.05, 0.1) is 0 Å². The van der Waals surface area contributed by atoms with E-state index in [2.05, 4.69) is 51.8 Å². The zero-order chi connectivity index (χ0) is 14.8. The molecule has 1 aliphatic heterocycles. The van der Waals surface area contributed by atoms with E-state index in [0.717, 1.165) is 26.2 Å². The summed E-state index contributed by atoms with van der Waals surface area (Å²) in [6.07, 6.45) is 1.28. The van der Waals surface area contributed by atoms with Crippen molar-refractivity contribution in [3.8, 4) is 0 Å². The molecule has 0 spiro atoms. The van der Waals surface area contributed by atoms with Gasteiger partial charge in [0.25, 0.3) is 0 Å². The highest BCUT2D eigenvalue weighted by Gasteiger charge is 2.20. The molecule has 0 aliphatic carbocycles. The van der Waals surface area contributed by atoms with Crippen molar-refractivity contribution in [2.24, 2.45) is 0 Å². The maximum Gasteiger partial charge on any atom is 0.218 e. The molecule has 0 bridgehead atoms. The second kappa shape index (κ2) is 5.68. The Hall–Kier alpha value is -2.17. The third-order valence-electron chi connectivity index (χ3n) is 4.14. The SMILES string of the molecule is Cc1cccc(N2CCN(c3cc(F)ncn3)CC2)c1C. The Kier molecular flexibility index (Phi) is 3.73. The van der Waals surface area contributed by atoms with Gasteiger partial charge in [0, 0.05) is 37.9 Å². The van der Waals surface area contributed by atoms with Gasteiger partial charge in [-0.25, -0.2) is 9.97 Å². The van der Waals surface area contributed by atoms with Crippen molar-refractivity contribution in [2.75, 3.05) is 36.0 Å². The van der Waals surface area contributed by atoms with E-state index in [0.29, 0.717) is 5.82 Å². The summed E-state index contributed by atoms with van der Waals surface area (Å²) in [7, 11) is 0. The first-order valence-electron chi connectivity index (χ1n) is 7.19. The maximum absolute atomic E-state index is 13.2. The second-order valence-electron chi connectivity index (χ2n) is 5.39. The number of piperazine rings is 1. The Labute approximate surface area is 124 Å². The molecule has 0 saturated carbocycles. The van der Waals surface area contributed by atoms with Gasteiger partial charge in [-0.3, -0.25) is 0 Å². The van der Waals surface area contributed by atoms with Crippen LogP contribution in [0.2, 0.25) is 0 Å². The Balaban J connectivity index is 1.72. The van der Waals surface area contributed by atoms with Gasteiger partial charge in [-0.1, -0.05) is 12.1 Å². The molecule has 0 atom stereocenters. The molecule has 1 aromatic carbocycles. The molecule has 0 amide bonds. The number of hydrogen-bond acceptors (Lipinski definition) is 4. The van der Waals surface area contributed by atoms with E-state index in [-0.39, 0.29) is 0 Å². The van der Waals surface area contributed by atoms with Crippen molar-refractivity contribution in [1.82, 2.24) is 9.97 Å². The minimum atomic E-state index is -0.475. The minimum absolute atomic E-state index is 0.475. The van der Waals surface area contributed by atoms with Crippen LogP contribution in [0.5, 0.6) is 0 Å². The van der Waals surface area contributed by atoms with Gasteiger partial charge in [0.1, 0.15) is 12.1 Å². The van der Waals surface area contributed by atoms with Crippen LogP contribution in [0.3, 0.4) is 0 Å². The normalized spacial score (nSPS) is 15.4. The van der Waals surface area contributed by atoms with Crippen molar-refractivity contribution in [3.63, 3.8) is 0 Å². The number of anilines is 2. The van der Waals surface area contributed by atoms with Crippen LogP contribution in [0.15, 0.2) is 30.6 Å². The first kappa shape index (κ1) is 13.8. The topological polar surface area (TPSA) is 32.3 Å². The molecule has 3 rings (SSSR count). The third-order valence-corrected chi connectivity index (χ3v) is 4.14. The fourth-order valence-electron chi connectivity index (χ4n) is 2.75. The quantitative estimate of drug-likeness (QED) is 0.794. The van der Waals surface area contributed by atoms with E-state index < -0.39 is 5.95 Å². The number of aryl methyl sites for hydroxylation is 1. The number of rotatable bonds is 2. The van der Waals surface area contributed by atoms with E-state index in [9.17, 15) is 4.39 Å². The van der Waals surface area contributed by atoms with Crippen LogP contribution in [0.25, 0.3) is 0 Å². The van der Waals surface area contributed by atoms with Gasteiger partial charge < -0.3 is 9.80 Å². The van der Waals surface area contributed by atoms with Crippen molar-refractivity contribution in [2.45, 2.75) is 13.8 Å². The zero-order valence-electron chi connectivity index (χ0n) is 12.4. The number of halogens is 1. The summed E-state index contributed by atoms with van der Waals surface area (Å²) in [6.45, 7) is 7.80. The molecule has 21 heavy (non-hydrogen) atoms. The van der Waals surface area contributed by atoms with Crippen LogP contribution in [-0.4, -0.2) is 36.1 Å². The fourth-order valence-corrected chi connectivity index (χ4v) is 2.75. The lowest BCUT2D eigenvalue weighted by Crippen LogP contribution is -2.47. The molecule has 1 fully saturated rings. The first-order valence-corrected chi connectivity index (χ1v) is 7.19. The summed E-state index contributed by atoms with van der Waals surface area (Å²) in [6, 6.07) is 7.80. The van der Waals surface area contributed by atoms with Gasteiger partial charge in [-0.15, -0.1) is 0 Å². The predicted octanol–water partition coefficient (Wildman–Crippen LogP) is 2.56. The summed E-state index contributed by atoms with van der Waals surface area (Å²) in [5.74, 6) is 0.195. The Morgan fingerprint density at radius 1 is 1.00 bits per heavy atom. The van der Waals surface area contributed by atoms with Crippen LogP contribution >= 0.6 is 0 Å². The van der Waals surface area contributed by atoms with E-state index in [1.165, 1.54) is 29.2 Å². The average Bonchev–Trinajstić information content (AvgIpc) is 2.50. The summed E-state index contributed by atoms with van der Waals surface area (Å²) in [4.78, 5) is 12.1. The number of nitrogens with zero attached hydrogens (tertiary/aromatic N) is 4. The van der Waals surface area contributed by atoms with E-state index >= 15 is 0 Å². The fraction of sp³-hybridized carbons (Fsp3) is 0.375. The maximum atomic E-state index is 13.2. The standard InChI is InChI=1S/C16H19FN4/c1-12-4-3-5-14(13(12)2)20-6-8-21(9-7-20)16-10-15(17)18-11-19-16/h3-5,10-11H,6-9H2,1-2H3. The van der Waals surface area contributed by atoms with Crippen molar-refractivity contribution >= 4 is 11.5 Å². The monoisotopic (exact) mass is 286 g/mol. The average molecular weight is 286 g/mol. The number of hydrogen-bond donors (Lipinski definition) is 0. The van der Waals surface area contributed by atoms with Crippen molar-refractivity contribution in [3.05, 3.63) is 47.7 Å². The van der Waals surface area contributed by atoms with E-state index in [1.807, 2.05) is 0 Å². The highest BCUT2D eigenvalue weighted by molar-refractivity contribution is 5.57. The lowest BCUT2D eigenvalue weighted by molar-refractivity contribution is 0.574. The molecule has 4 nitrogen and oxygen atoms in total. The predicted molar refractivity (Wildman–Crippen MR) is 82.3 cm³/mol. The van der Waals surface area contributed by atoms with Gasteiger partial charge in [-0.05, 0) is 31.0 Å². The highest BCUT2D eigenvalue weighted by Crippen LogP contribution is 2.24. The van der Waals surface area contributed by atoms with Crippen LogP contribution in [0.4, 0.5) is 15.9 Å². The molecule has 2 heterocycles. The van der Waals surface area contributed by atoms with Crippen molar-refractivity contribution in [1.29, 1.82) is 0 Å². The molecule has 1 aliphatic rings. The molecular formula is C16H19FN4. The van der Waals surface area contributed by atoms with Crippen LogP contribution < -0.4 is 9.80 Å². The molecule has 1 saturated heterocycles. The minimum Gasteiger partial charge on any atom is -0.368 e. The summed E-state index contributed by atoms with van der Waals surface area (Å²) in [5, 5.41) is 0. The van der Waals surface area contributed by atoms with E-state index in [1.54, 1.807) is 0 Å². The second-order valence-corrected chi connectivity index (χ2v) is 5.39. The molecular weight excluding hydrogens is 267 g/mol. The smallest absolute Gasteiger partial charge is 0.218 e. The lowest BCUT2D eigenvalue weighted by atomic mass is 10.1. The number of benzene rings is 1. The lowest BCUT2D eigenvalue weighted by Gasteiger charge is -2.37.